The van der Waals surface area contributed by atoms with E-state index in [0.29, 0.717) is 0 Å². The minimum absolute atomic E-state index is 0.112. The molecule has 2 aromatic rings. The molecule has 2 rings (SSSR count). The van der Waals surface area contributed by atoms with E-state index in [9.17, 15) is 0 Å². The number of nitrogens with one attached hydrogen (secondary N) is 1. The minimum atomic E-state index is 0.112. The van der Waals surface area contributed by atoms with Gasteiger partial charge in [0.1, 0.15) is 0 Å². The van der Waals surface area contributed by atoms with E-state index in [2.05, 4.69) is 90.0 Å². The summed E-state index contributed by atoms with van der Waals surface area (Å²) in [5.74, 6) is 0. The van der Waals surface area contributed by atoms with E-state index in [1.165, 1.54) is 9.13 Å². The van der Waals surface area contributed by atoms with Crippen molar-refractivity contribution >= 4 is 54.5 Å². The van der Waals surface area contributed by atoms with Gasteiger partial charge in [-0.2, -0.15) is 5.10 Å². The zero-order valence-corrected chi connectivity index (χ0v) is 16.7. The molecule has 0 saturated carbocycles. The third-order valence-electron chi connectivity index (χ3n) is 3.08. The number of nitrogens with zero attached hydrogens (tertiary/aromatic N) is 2. The van der Waals surface area contributed by atoms with Crippen molar-refractivity contribution in [3.8, 4) is 0 Å². The van der Waals surface area contributed by atoms with Gasteiger partial charge in [-0.15, -0.1) is 0 Å². The smallest absolute Gasteiger partial charge is 0.0771 e. The zero-order valence-electron chi connectivity index (χ0n) is 11.3. The Balaban J connectivity index is 2.50. The molecule has 0 aliphatic heterocycles. The fraction of sp³-hybridized carbons (Fsp3) is 0.357. The maximum absolute atomic E-state index is 4.34. The first-order chi connectivity index (χ1) is 9.54. The molecule has 0 saturated heterocycles. The van der Waals surface area contributed by atoms with Crippen molar-refractivity contribution in [2.45, 2.75) is 19.4 Å². The Morgan fingerprint density at radius 2 is 2.10 bits per heavy atom. The van der Waals surface area contributed by atoms with Crippen LogP contribution in [-0.2, 0) is 7.05 Å². The summed E-state index contributed by atoms with van der Waals surface area (Å²) in [7, 11) is 1.97. The Bertz CT molecular complexity index is 579. The van der Waals surface area contributed by atoms with Crippen molar-refractivity contribution in [2.75, 3.05) is 6.54 Å². The highest BCUT2D eigenvalue weighted by Gasteiger charge is 2.22. The molecule has 0 aliphatic carbocycles. The van der Waals surface area contributed by atoms with Crippen molar-refractivity contribution in [3.63, 3.8) is 0 Å². The molecule has 1 atom stereocenters. The molecule has 3 nitrogen and oxygen atoms in total. The number of aromatic nitrogens is 2. The van der Waals surface area contributed by atoms with Gasteiger partial charge in [0.2, 0.25) is 0 Å². The number of hydrogen-bond acceptors (Lipinski definition) is 2. The van der Waals surface area contributed by atoms with Crippen LogP contribution in [0.25, 0.3) is 0 Å². The van der Waals surface area contributed by atoms with E-state index >= 15 is 0 Å². The fourth-order valence-electron chi connectivity index (χ4n) is 2.12. The molecule has 0 radical (unpaired) electrons. The summed E-state index contributed by atoms with van der Waals surface area (Å²) in [6.07, 6.45) is 2.94. The van der Waals surface area contributed by atoms with Crippen molar-refractivity contribution in [1.82, 2.24) is 15.1 Å². The van der Waals surface area contributed by atoms with E-state index in [1.807, 2.05) is 17.9 Å². The molecular formula is C14H16Br2IN3. The molecule has 6 heteroatoms. The summed E-state index contributed by atoms with van der Waals surface area (Å²) in [6.45, 7) is 3.13. The Morgan fingerprint density at radius 1 is 1.35 bits per heavy atom. The predicted molar refractivity (Wildman–Crippen MR) is 97.9 cm³/mol. The van der Waals surface area contributed by atoms with Gasteiger partial charge < -0.3 is 5.32 Å². The van der Waals surface area contributed by atoms with Crippen LogP contribution in [0.1, 0.15) is 30.6 Å². The topological polar surface area (TPSA) is 29.9 Å². The molecule has 0 bridgehead atoms. The van der Waals surface area contributed by atoms with Gasteiger partial charge in [-0.3, -0.25) is 4.68 Å². The Hall–Kier alpha value is 0.0800. The molecule has 1 N–H and O–H groups in total. The zero-order chi connectivity index (χ0) is 14.7. The van der Waals surface area contributed by atoms with Crippen LogP contribution in [0, 0.1) is 3.57 Å². The standard InChI is InChI=1S/C14H16Br2IN3/c1-3-6-18-13(14-12(16)8-19-20(14)2)10-7-9(17)4-5-11(10)15/h4-5,7-8,13,18H,3,6H2,1-2H3. The van der Waals surface area contributed by atoms with E-state index in [1.54, 1.807) is 0 Å². The summed E-state index contributed by atoms with van der Waals surface area (Å²) >= 11 is 9.62. The maximum atomic E-state index is 4.34. The molecule has 1 aromatic heterocycles. The average molecular weight is 513 g/mol. The molecule has 108 valence electrons. The molecule has 0 spiro atoms. The van der Waals surface area contributed by atoms with Crippen LogP contribution < -0.4 is 5.32 Å². The van der Waals surface area contributed by atoms with Gasteiger partial charge in [0.15, 0.2) is 0 Å². The first kappa shape index (κ1) is 16.5. The van der Waals surface area contributed by atoms with Gasteiger partial charge in [0.05, 0.1) is 22.4 Å². The Kier molecular flexibility index (Phi) is 6.07. The van der Waals surface area contributed by atoms with Crippen LogP contribution in [0.4, 0.5) is 0 Å². The molecule has 1 aromatic carbocycles. The maximum Gasteiger partial charge on any atom is 0.0771 e. The lowest BCUT2D eigenvalue weighted by atomic mass is 10.0. The summed E-state index contributed by atoms with van der Waals surface area (Å²) < 4.78 is 5.28. The predicted octanol–water partition coefficient (Wildman–Crippen LogP) is 4.64. The van der Waals surface area contributed by atoms with Crippen LogP contribution >= 0.6 is 54.5 Å². The number of aryl methyl sites for hydroxylation is 1. The van der Waals surface area contributed by atoms with Gasteiger partial charge in [0.25, 0.3) is 0 Å². The Labute approximate surface area is 149 Å². The van der Waals surface area contributed by atoms with Crippen molar-refractivity contribution in [2.24, 2.45) is 7.05 Å². The number of rotatable bonds is 5. The van der Waals surface area contributed by atoms with Crippen molar-refractivity contribution in [3.05, 3.63) is 48.2 Å². The van der Waals surface area contributed by atoms with Gasteiger partial charge in [-0.05, 0) is 75.2 Å². The largest absolute Gasteiger partial charge is 0.305 e. The third kappa shape index (κ3) is 3.64. The number of benzene rings is 1. The van der Waals surface area contributed by atoms with Crippen LogP contribution in [0.3, 0.4) is 0 Å². The second-order valence-corrected chi connectivity index (χ2v) is 7.51. The fourth-order valence-corrected chi connectivity index (χ4v) is 3.69. The van der Waals surface area contributed by atoms with Crippen molar-refractivity contribution < 1.29 is 0 Å². The molecule has 1 heterocycles. The number of hydrogen-bond donors (Lipinski definition) is 1. The highest BCUT2D eigenvalue weighted by atomic mass is 127. The number of halogens is 3. The molecule has 0 amide bonds. The highest BCUT2D eigenvalue weighted by molar-refractivity contribution is 14.1. The molecule has 0 fully saturated rings. The summed E-state index contributed by atoms with van der Waals surface area (Å²) in [4.78, 5) is 0. The lowest BCUT2D eigenvalue weighted by Gasteiger charge is -2.21. The second kappa shape index (κ2) is 7.38. The normalized spacial score (nSPS) is 12.7. The summed E-state index contributed by atoms with van der Waals surface area (Å²) in [5.41, 5.74) is 2.37. The van der Waals surface area contributed by atoms with Crippen LogP contribution in [0.15, 0.2) is 33.3 Å². The first-order valence-corrected chi connectivity index (χ1v) is 9.06. The molecule has 0 aliphatic rings. The van der Waals surface area contributed by atoms with Crippen LogP contribution in [-0.4, -0.2) is 16.3 Å². The second-order valence-electron chi connectivity index (χ2n) is 4.55. The Morgan fingerprint density at radius 3 is 2.70 bits per heavy atom. The highest BCUT2D eigenvalue weighted by Crippen LogP contribution is 2.33. The summed E-state index contributed by atoms with van der Waals surface area (Å²) in [6, 6.07) is 6.52. The quantitative estimate of drug-likeness (QED) is 0.592. The summed E-state index contributed by atoms with van der Waals surface area (Å²) in [5, 5.41) is 7.95. The monoisotopic (exact) mass is 511 g/mol. The van der Waals surface area contributed by atoms with Crippen LogP contribution in [0.5, 0.6) is 0 Å². The molecule has 1 unspecified atom stereocenters. The van der Waals surface area contributed by atoms with E-state index in [0.717, 1.165) is 27.6 Å². The SMILES string of the molecule is CCCNC(c1cc(I)ccc1Br)c1c(Br)cnn1C. The third-order valence-corrected chi connectivity index (χ3v) is 5.08. The molecule has 20 heavy (non-hydrogen) atoms. The van der Waals surface area contributed by atoms with Crippen LogP contribution in [0.2, 0.25) is 0 Å². The van der Waals surface area contributed by atoms with Crippen molar-refractivity contribution in [1.29, 1.82) is 0 Å². The van der Waals surface area contributed by atoms with E-state index < -0.39 is 0 Å². The van der Waals surface area contributed by atoms with Gasteiger partial charge in [0, 0.05) is 15.1 Å². The van der Waals surface area contributed by atoms with E-state index in [-0.39, 0.29) is 6.04 Å². The van der Waals surface area contributed by atoms with Gasteiger partial charge in [-0.25, -0.2) is 0 Å². The lowest BCUT2D eigenvalue weighted by molar-refractivity contribution is 0.550. The minimum Gasteiger partial charge on any atom is -0.305 e. The van der Waals surface area contributed by atoms with Gasteiger partial charge in [-0.1, -0.05) is 22.9 Å². The first-order valence-electron chi connectivity index (χ1n) is 6.40. The molecular weight excluding hydrogens is 497 g/mol. The average Bonchev–Trinajstić information content (AvgIpc) is 2.74. The van der Waals surface area contributed by atoms with E-state index in [4.69, 9.17) is 0 Å². The van der Waals surface area contributed by atoms with Gasteiger partial charge >= 0.3 is 0 Å². The lowest BCUT2D eigenvalue weighted by Crippen LogP contribution is -2.26.